The van der Waals surface area contributed by atoms with E-state index in [1.54, 1.807) is 0 Å². The topological polar surface area (TPSA) is 26.3 Å². The number of carbonyl (C=O) groups is 1. The van der Waals surface area contributed by atoms with Crippen LogP contribution < -0.4 is 0 Å². The summed E-state index contributed by atoms with van der Waals surface area (Å²) < 4.78 is 4.52. The Labute approximate surface area is 66.5 Å². The molecule has 0 heterocycles. The number of hydrogen-bond acceptors (Lipinski definition) is 2. The van der Waals surface area contributed by atoms with Crippen LogP contribution in [0, 0.1) is 0 Å². The van der Waals surface area contributed by atoms with Crippen LogP contribution in [0.1, 0.15) is 19.3 Å². The van der Waals surface area contributed by atoms with Crippen LogP contribution in [-0.4, -0.2) is 13.1 Å². The Morgan fingerprint density at radius 3 is 3.09 bits per heavy atom. The van der Waals surface area contributed by atoms with Crippen molar-refractivity contribution in [2.24, 2.45) is 0 Å². The predicted octanol–water partition coefficient (Wildman–Crippen LogP) is 1.83. The maximum Gasteiger partial charge on any atom is 0.305 e. The summed E-state index contributed by atoms with van der Waals surface area (Å²) in [5, 5.41) is 0. The normalized spacial score (nSPS) is 14.8. The molecule has 0 N–H and O–H groups in total. The Bertz CT molecular complexity index is 202. The molecule has 0 fully saturated rings. The lowest BCUT2D eigenvalue weighted by atomic mass is 10.1. The van der Waals surface area contributed by atoms with Gasteiger partial charge < -0.3 is 4.74 Å². The van der Waals surface area contributed by atoms with Gasteiger partial charge in [0.1, 0.15) is 0 Å². The van der Waals surface area contributed by atoms with Gasteiger partial charge in [0.2, 0.25) is 0 Å². The minimum absolute atomic E-state index is 0.133. The Kier molecular flexibility index (Phi) is 2.90. The highest BCUT2D eigenvalue weighted by molar-refractivity contribution is 5.69. The maximum atomic E-state index is 10.7. The number of methoxy groups -OCH3 is 1. The second-order valence-electron chi connectivity index (χ2n) is 2.49. The molecule has 0 unspecified atom stereocenters. The zero-order valence-corrected chi connectivity index (χ0v) is 6.67. The molecular formula is C9H12O2. The van der Waals surface area contributed by atoms with Crippen molar-refractivity contribution in [3.05, 3.63) is 23.8 Å². The fraction of sp³-hybridized carbons (Fsp3) is 0.444. The maximum absolute atomic E-state index is 10.7. The van der Waals surface area contributed by atoms with Gasteiger partial charge in [-0.25, -0.2) is 0 Å². The monoisotopic (exact) mass is 152 g/mol. The molecule has 1 aliphatic rings. The molecule has 1 aliphatic carbocycles. The van der Waals surface area contributed by atoms with E-state index in [9.17, 15) is 4.79 Å². The number of allylic oxidation sites excluding steroid dienone is 4. The Morgan fingerprint density at radius 2 is 2.55 bits per heavy atom. The van der Waals surface area contributed by atoms with Crippen LogP contribution >= 0.6 is 0 Å². The first kappa shape index (κ1) is 8.05. The molecule has 0 spiro atoms. The molecule has 0 aromatic heterocycles. The zero-order valence-electron chi connectivity index (χ0n) is 6.67. The highest BCUT2D eigenvalue weighted by atomic mass is 16.5. The SMILES string of the molecule is COC(=O)CCC1=CCC=C1. The third-order valence-corrected chi connectivity index (χ3v) is 1.69. The quantitative estimate of drug-likeness (QED) is 0.576. The van der Waals surface area contributed by atoms with Crippen molar-refractivity contribution in [1.82, 2.24) is 0 Å². The smallest absolute Gasteiger partial charge is 0.305 e. The molecule has 2 nitrogen and oxygen atoms in total. The van der Waals surface area contributed by atoms with Crippen molar-refractivity contribution in [1.29, 1.82) is 0 Å². The first-order valence-electron chi connectivity index (χ1n) is 3.75. The second kappa shape index (κ2) is 3.96. The van der Waals surface area contributed by atoms with Gasteiger partial charge in [0.15, 0.2) is 0 Å². The lowest BCUT2D eigenvalue weighted by molar-refractivity contribution is -0.140. The number of esters is 1. The van der Waals surface area contributed by atoms with Crippen molar-refractivity contribution in [2.75, 3.05) is 7.11 Å². The van der Waals surface area contributed by atoms with Crippen LogP contribution in [0.5, 0.6) is 0 Å². The van der Waals surface area contributed by atoms with Crippen LogP contribution in [0.3, 0.4) is 0 Å². The van der Waals surface area contributed by atoms with Crippen LogP contribution in [0.15, 0.2) is 23.8 Å². The van der Waals surface area contributed by atoms with Crippen molar-refractivity contribution in [3.8, 4) is 0 Å². The van der Waals surface area contributed by atoms with Gasteiger partial charge >= 0.3 is 5.97 Å². The molecule has 11 heavy (non-hydrogen) atoms. The van der Waals surface area contributed by atoms with Crippen LogP contribution in [0.2, 0.25) is 0 Å². The summed E-state index contributed by atoms with van der Waals surface area (Å²) in [6, 6.07) is 0. The minimum atomic E-state index is -0.133. The van der Waals surface area contributed by atoms with E-state index in [-0.39, 0.29) is 5.97 Å². The lowest BCUT2D eigenvalue weighted by Crippen LogP contribution is -1.99. The molecule has 60 valence electrons. The van der Waals surface area contributed by atoms with E-state index in [0.29, 0.717) is 6.42 Å². The highest BCUT2D eigenvalue weighted by Crippen LogP contribution is 2.14. The number of hydrogen-bond donors (Lipinski definition) is 0. The summed E-state index contributed by atoms with van der Waals surface area (Å²) in [5.41, 5.74) is 1.25. The lowest BCUT2D eigenvalue weighted by Gasteiger charge is -1.97. The summed E-state index contributed by atoms with van der Waals surface area (Å²) >= 11 is 0. The largest absolute Gasteiger partial charge is 0.469 e. The van der Waals surface area contributed by atoms with Gasteiger partial charge in [-0.1, -0.05) is 23.8 Å². The molecule has 0 amide bonds. The van der Waals surface area contributed by atoms with E-state index >= 15 is 0 Å². The number of ether oxygens (including phenoxy) is 1. The molecule has 1 rings (SSSR count). The fourth-order valence-corrected chi connectivity index (χ4v) is 1.04. The van der Waals surface area contributed by atoms with E-state index in [0.717, 1.165) is 12.8 Å². The van der Waals surface area contributed by atoms with Gasteiger partial charge in [0.25, 0.3) is 0 Å². The molecule has 0 saturated carbocycles. The van der Waals surface area contributed by atoms with E-state index in [1.165, 1.54) is 12.7 Å². The van der Waals surface area contributed by atoms with Crippen molar-refractivity contribution in [2.45, 2.75) is 19.3 Å². The number of carbonyl (C=O) groups excluding carboxylic acids is 1. The summed E-state index contributed by atoms with van der Waals surface area (Å²) in [6.45, 7) is 0. The molecule has 0 radical (unpaired) electrons. The molecule has 0 saturated heterocycles. The van der Waals surface area contributed by atoms with E-state index in [1.807, 2.05) is 0 Å². The van der Waals surface area contributed by atoms with Gasteiger partial charge in [-0.2, -0.15) is 0 Å². The Hall–Kier alpha value is -1.05. The highest BCUT2D eigenvalue weighted by Gasteiger charge is 2.02. The average Bonchev–Trinajstić information content (AvgIpc) is 2.52. The van der Waals surface area contributed by atoms with Gasteiger partial charge in [0, 0.05) is 6.42 Å². The second-order valence-corrected chi connectivity index (χ2v) is 2.49. The zero-order chi connectivity index (χ0) is 8.10. The fourth-order valence-electron chi connectivity index (χ4n) is 1.04. The first-order chi connectivity index (χ1) is 5.33. The molecule has 0 aromatic carbocycles. The molecular weight excluding hydrogens is 140 g/mol. The minimum Gasteiger partial charge on any atom is -0.469 e. The standard InChI is InChI=1S/C9H12O2/c1-11-9(10)7-6-8-4-2-3-5-8/h2,4-5H,3,6-7H2,1H3. The molecule has 0 bridgehead atoms. The molecule has 0 aliphatic heterocycles. The summed E-state index contributed by atoms with van der Waals surface area (Å²) in [4.78, 5) is 10.7. The molecule has 0 aromatic rings. The number of rotatable bonds is 3. The van der Waals surface area contributed by atoms with E-state index in [2.05, 4.69) is 23.0 Å². The van der Waals surface area contributed by atoms with Gasteiger partial charge in [-0.15, -0.1) is 0 Å². The van der Waals surface area contributed by atoms with Crippen molar-refractivity contribution in [3.63, 3.8) is 0 Å². The van der Waals surface area contributed by atoms with Crippen molar-refractivity contribution < 1.29 is 9.53 Å². The summed E-state index contributed by atoms with van der Waals surface area (Å²) in [5.74, 6) is -0.133. The average molecular weight is 152 g/mol. The Balaban J connectivity index is 2.22. The predicted molar refractivity (Wildman–Crippen MR) is 43.1 cm³/mol. The van der Waals surface area contributed by atoms with Gasteiger partial charge in [-0.3, -0.25) is 4.79 Å². The van der Waals surface area contributed by atoms with E-state index in [4.69, 9.17) is 0 Å². The van der Waals surface area contributed by atoms with Crippen LogP contribution in [-0.2, 0) is 9.53 Å². The Morgan fingerprint density at radius 1 is 1.73 bits per heavy atom. The van der Waals surface area contributed by atoms with Gasteiger partial charge in [-0.05, 0) is 12.8 Å². The molecule has 0 atom stereocenters. The molecule has 2 heteroatoms. The summed E-state index contributed by atoms with van der Waals surface area (Å²) in [7, 11) is 1.42. The van der Waals surface area contributed by atoms with Crippen molar-refractivity contribution >= 4 is 5.97 Å². The van der Waals surface area contributed by atoms with Gasteiger partial charge in [0.05, 0.1) is 7.11 Å². The third kappa shape index (κ3) is 2.58. The summed E-state index contributed by atoms with van der Waals surface area (Å²) in [6.07, 6.45) is 8.59. The first-order valence-corrected chi connectivity index (χ1v) is 3.75. The van der Waals surface area contributed by atoms with Crippen LogP contribution in [0.25, 0.3) is 0 Å². The third-order valence-electron chi connectivity index (χ3n) is 1.69. The van der Waals surface area contributed by atoms with Crippen LogP contribution in [0.4, 0.5) is 0 Å². The van der Waals surface area contributed by atoms with E-state index < -0.39 is 0 Å².